The Hall–Kier alpha value is 0.137. The minimum atomic E-state index is -0.945. The molecule has 0 atom stereocenters. The first kappa shape index (κ1) is 14.1. The number of hydrogen-bond donors (Lipinski definition) is 0. The van der Waals surface area contributed by atoms with Crippen molar-refractivity contribution >= 4 is 8.07 Å². The van der Waals surface area contributed by atoms with Crippen molar-refractivity contribution in [3.63, 3.8) is 0 Å². The number of nitrogens with zero attached hydrogens (tertiary/aromatic N) is 1. The third kappa shape index (κ3) is 6.57. The van der Waals surface area contributed by atoms with Gasteiger partial charge in [0.2, 0.25) is 0 Å². The molecule has 0 rings (SSSR count). The third-order valence-electron chi connectivity index (χ3n) is 2.11. The summed E-state index contributed by atoms with van der Waals surface area (Å²) in [6.45, 7) is 16.7. The highest BCUT2D eigenvalue weighted by atomic mass is 28.3. The lowest BCUT2D eigenvalue weighted by atomic mass is 10.3. The second kappa shape index (κ2) is 5.88. The average molecular weight is 217 g/mol. The van der Waals surface area contributed by atoms with E-state index in [2.05, 4.69) is 52.4 Å². The zero-order valence-electron chi connectivity index (χ0n) is 10.9. The van der Waals surface area contributed by atoms with E-state index in [0.717, 1.165) is 6.61 Å². The maximum atomic E-state index is 5.81. The molecule has 0 fully saturated rings. The molecule has 0 unspecified atom stereocenters. The summed E-state index contributed by atoms with van der Waals surface area (Å²) in [5.74, 6) is 0. The Morgan fingerprint density at radius 3 is 1.71 bits per heavy atom. The molecular weight excluding hydrogens is 190 g/mol. The second-order valence-corrected chi connectivity index (χ2v) is 11.3. The molecule has 0 aromatic rings. The summed E-state index contributed by atoms with van der Waals surface area (Å²) >= 11 is 0. The maximum absolute atomic E-state index is 5.81. The second-order valence-electron chi connectivity index (χ2n) is 5.69. The van der Waals surface area contributed by atoms with Crippen molar-refractivity contribution < 1.29 is 4.84 Å². The van der Waals surface area contributed by atoms with Crippen LogP contribution in [0.25, 0.3) is 0 Å². The summed E-state index contributed by atoms with van der Waals surface area (Å²) in [4.78, 5) is 5.81. The topological polar surface area (TPSA) is 12.5 Å². The van der Waals surface area contributed by atoms with Crippen LogP contribution in [0.3, 0.4) is 0 Å². The maximum Gasteiger partial charge on any atom is 0.0661 e. The van der Waals surface area contributed by atoms with Gasteiger partial charge in [-0.1, -0.05) is 19.6 Å². The van der Waals surface area contributed by atoms with Crippen molar-refractivity contribution in [2.24, 2.45) is 0 Å². The van der Waals surface area contributed by atoms with Gasteiger partial charge in [0, 0.05) is 20.2 Å². The zero-order valence-corrected chi connectivity index (χ0v) is 11.9. The molecule has 0 saturated heterocycles. The van der Waals surface area contributed by atoms with Crippen LogP contribution in [0.2, 0.25) is 25.7 Å². The molecule has 0 bridgehead atoms. The molecular formula is C11H27NOSi. The lowest BCUT2D eigenvalue weighted by molar-refractivity contribution is -0.195. The van der Waals surface area contributed by atoms with Crippen LogP contribution in [0.5, 0.6) is 0 Å². The summed E-state index contributed by atoms with van der Waals surface area (Å²) in [7, 11) is -0.945. The Morgan fingerprint density at radius 2 is 1.43 bits per heavy atom. The predicted molar refractivity (Wildman–Crippen MR) is 66.2 cm³/mol. The van der Waals surface area contributed by atoms with Gasteiger partial charge in [-0.25, -0.2) is 0 Å². The van der Waals surface area contributed by atoms with Crippen LogP contribution >= 0.6 is 0 Å². The van der Waals surface area contributed by atoms with Crippen LogP contribution in [0, 0.1) is 0 Å². The molecule has 0 N–H and O–H groups in total. The molecule has 0 radical (unpaired) electrons. The molecule has 86 valence electrons. The van der Waals surface area contributed by atoms with Gasteiger partial charge in [0.05, 0.1) is 6.61 Å². The van der Waals surface area contributed by atoms with Gasteiger partial charge in [-0.2, -0.15) is 5.06 Å². The van der Waals surface area contributed by atoms with Crippen molar-refractivity contribution in [2.45, 2.75) is 65.5 Å². The normalized spacial score (nSPS) is 13.3. The van der Waals surface area contributed by atoms with E-state index >= 15 is 0 Å². The highest BCUT2D eigenvalue weighted by Crippen LogP contribution is 2.11. The highest BCUT2D eigenvalue weighted by Gasteiger charge is 2.17. The van der Waals surface area contributed by atoms with Gasteiger partial charge in [0.1, 0.15) is 0 Å². The molecule has 0 saturated carbocycles. The summed E-state index contributed by atoms with van der Waals surface area (Å²) in [6, 6.07) is 2.18. The highest BCUT2D eigenvalue weighted by molar-refractivity contribution is 6.76. The van der Waals surface area contributed by atoms with Crippen molar-refractivity contribution in [1.29, 1.82) is 0 Å². The van der Waals surface area contributed by atoms with Crippen molar-refractivity contribution in [3.8, 4) is 0 Å². The zero-order chi connectivity index (χ0) is 11.4. The fourth-order valence-electron chi connectivity index (χ4n) is 1.35. The molecule has 0 aliphatic carbocycles. The van der Waals surface area contributed by atoms with E-state index in [-0.39, 0.29) is 0 Å². The SMILES string of the molecule is CC(C)N(OCC[Si](C)(C)C)C(C)C. The van der Waals surface area contributed by atoms with Gasteiger partial charge >= 0.3 is 0 Å². The quantitative estimate of drug-likeness (QED) is 0.499. The smallest absolute Gasteiger partial charge is 0.0661 e. The van der Waals surface area contributed by atoms with Gasteiger partial charge in [-0.15, -0.1) is 0 Å². The molecule has 0 aromatic carbocycles. The van der Waals surface area contributed by atoms with Gasteiger partial charge in [-0.05, 0) is 33.7 Å². The Bertz CT molecular complexity index is 144. The van der Waals surface area contributed by atoms with E-state index in [1.165, 1.54) is 6.04 Å². The third-order valence-corrected chi connectivity index (χ3v) is 3.81. The summed E-state index contributed by atoms with van der Waals surface area (Å²) in [6.07, 6.45) is 0. The van der Waals surface area contributed by atoms with E-state index < -0.39 is 8.07 Å². The molecule has 3 heteroatoms. The van der Waals surface area contributed by atoms with Gasteiger partial charge in [0.25, 0.3) is 0 Å². The van der Waals surface area contributed by atoms with Crippen LogP contribution in [0.4, 0.5) is 0 Å². The monoisotopic (exact) mass is 217 g/mol. The van der Waals surface area contributed by atoms with Crippen LogP contribution < -0.4 is 0 Å². The largest absolute Gasteiger partial charge is 0.299 e. The lowest BCUT2D eigenvalue weighted by Crippen LogP contribution is -2.38. The molecule has 0 aliphatic heterocycles. The number of rotatable bonds is 6. The minimum Gasteiger partial charge on any atom is -0.299 e. The van der Waals surface area contributed by atoms with Crippen LogP contribution in [0.15, 0.2) is 0 Å². The molecule has 0 spiro atoms. The Balaban J connectivity index is 3.84. The van der Waals surface area contributed by atoms with Crippen LogP contribution in [-0.2, 0) is 4.84 Å². The average Bonchev–Trinajstić information content (AvgIpc) is 1.94. The van der Waals surface area contributed by atoms with Crippen molar-refractivity contribution in [3.05, 3.63) is 0 Å². The Kier molecular flexibility index (Phi) is 5.94. The van der Waals surface area contributed by atoms with Crippen molar-refractivity contribution in [1.82, 2.24) is 5.06 Å². The van der Waals surface area contributed by atoms with E-state index in [0.29, 0.717) is 12.1 Å². The molecule has 0 aromatic heterocycles. The first-order chi connectivity index (χ1) is 6.24. The molecule has 0 aliphatic rings. The lowest BCUT2D eigenvalue weighted by Gasteiger charge is -2.30. The van der Waals surface area contributed by atoms with Gasteiger partial charge < -0.3 is 0 Å². The molecule has 14 heavy (non-hydrogen) atoms. The fraction of sp³-hybridized carbons (Fsp3) is 1.00. The van der Waals surface area contributed by atoms with E-state index in [4.69, 9.17) is 4.84 Å². The van der Waals surface area contributed by atoms with Gasteiger partial charge in [0.15, 0.2) is 0 Å². The number of hydroxylamine groups is 2. The number of hydrogen-bond acceptors (Lipinski definition) is 2. The summed E-state index contributed by atoms with van der Waals surface area (Å²) in [5, 5.41) is 2.10. The Morgan fingerprint density at radius 1 is 1.00 bits per heavy atom. The predicted octanol–water partition coefficient (Wildman–Crippen LogP) is 3.38. The molecule has 2 nitrogen and oxygen atoms in total. The Labute approximate surface area is 90.6 Å². The standard InChI is InChI=1S/C11H27NOSi/c1-10(2)12(11(3)4)13-8-9-14(5,6)7/h10-11H,8-9H2,1-7H3. The fourth-order valence-corrected chi connectivity index (χ4v) is 2.06. The molecule has 0 amide bonds. The van der Waals surface area contributed by atoms with Crippen LogP contribution in [0.1, 0.15) is 27.7 Å². The van der Waals surface area contributed by atoms with E-state index in [1.54, 1.807) is 0 Å². The van der Waals surface area contributed by atoms with Crippen molar-refractivity contribution in [2.75, 3.05) is 6.61 Å². The van der Waals surface area contributed by atoms with Crippen LogP contribution in [-0.4, -0.2) is 31.8 Å². The van der Waals surface area contributed by atoms with E-state index in [9.17, 15) is 0 Å². The first-order valence-electron chi connectivity index (χ1n) is 5.65. The molecule has 0 heterocycles. The van der Waals surface area contributed by atoms with Gasteiger partial charge in [-0.3, -0.25) is 4.84 Å². The minimum absolute atomic E-state index is 0.469. The summed E-state index contributed by atoms with van der Waals surface area (Å²) < 4.78 is 0. The van der Waals surface area contributed by atoms with E-state index in [1.807, 2.05) is 0 Å². The first-order valence-corrected chi connectivity index (χ1v) is 9.36. The summed E-state index contributed by atoms with van der Waals surface area (Å²) in [5.41, 5.74) is 0.